The SMILES string of the molecule is Cc1cc(CNC(=O)c2cnn([C@@H]3CCS(=O)(=O)C3)c2C)no1. The molecule has 1 fully saturated rings. The molecule has 2 aromatic rings. The molecule has 8 nitrogen and oxygen atoms in total. The van der Waals surface area contributed by atoms with Gasteiger partial charge in [0.05, 0.1) is 35.9 Å². The molecule has 1 saturated heterocycles. The minimum Gasteiger partial charge on any atom is -0.361 e. The summed E-state index contributed by atoms with van der Waals surface area (Å²) < 4.78 is 29.8. The number of carbonyl (C=O) groups is 1. The highest BCUT2D eigenvalue weighted by Crippen LogP contribution is 2.25. The van der Waals surface area contributed by atoms with Crippen LogP contribution in [-0.4, -0.2) is 40.8 Å². The van der Waals surface area contributed by atoms with Crippen molar-refractivity contribution in [1.29, 1.82) is 0 Å². The van der Waals surface area contributed by atoms with Crippen molar-refractivity contribution in [3.63, 3.8) is 0 Å². The van der Waals surface area contributed by atoms with E-state index in [9.17, 15) is 13.2 Å². The summed E-state index contributed by atoms with van der Waals surface area (Å²) in [7, 11) is -3.00. The molecule has 1 aliphatic rings. The molecule has 3 heterocycles. The Morgan fingerprint density at radius 3 is 2.87 bits per heavy atom. The number of carbonyl (C=O) groups excluding carboxylic acids is 1. The summed E-state index contributed by atoms with van der Waals surface area (Å²) in [6.07, 6.45) is 2.01. The molecule has 1 atom stereocenters. The molecule has 2 aromatic heterocycles. The second-order valence-electron chi connectivity index (χ2n) is 5.76. The van der Waals surface area contributed by atoms with E-state index >= 15 is 0 Å². The number of nitrogens with zero attached hydrogens (tertiary/aromatic N) is 3. The van der Waals surface area contributed by atoms with Crippen LogP contribution < -0.4 is 5.32 Å². The van der Waals surface area contributed by atoms with Crippen LogP contribution in [0.5, 0.6) is 0 Å². The van der Waals surface area contributed by atoms with Crippen LogP contribution in [0.3, 0.4) is 0 Å². The first-order valence-electron chi connectivity index (χ1n) is 7.30. The smallest absolute Gasteiger partial charge is 0.255 e. The van der Waals surface area contributed by atoms with Crippen molar-refractivity contribution in [3.8, 4) is 0 Å². The van der Waals surface area contributed by atoms with Gasteiger partial charge in [-0.3, -0.25) is 9.48 Å². The fraction of sp³-hybridized carbons (Fsp3) is 0.500. The van der Waals surface area contributed by atoms with Crippen molar-refractivity contribution in [1.82, 2.24) is 20.3 Å². The highest BCUT2D eigenvalue weighted by atomic mass is 32.2. The maximum Gasteiger partial charge on any atom is 0.255 e. The van der Waals surface area contributed by atoms with Crippen LogP contribution >= 0.6 is 0 Å². The Hall–Kier alpha value is -2.16. The van der Waals surface area contributed by atoms with Crippen LogP contribution in [0, 0.1) is 13.8 Å². The molecule has 1 aliphatic heterocycles. The third kappa shape index (κ3) is 3.29. The van der Waals surface area contributed by atoms with Crippen LogP contribution in [0.25, 0.3) is 0 Å². The summed E-state index contributed by atoms with van der Waals surface area (Å²) in [6.45, 7) is 3.81. The molecule has 124 valence electrons. The maximum absolute atomic E-state index is 12.3. The molecule has 23 heavy (non-hydrogen) atoms. The number of rotatable bonds is 4. The van der Waals surface area contributed by atoms with Gasteiger partial charge in [-0.25, -0.2) is 8.42 Å². The monoisotopic (exact) mass is 338 g/mol. The molecule has 9 heteroatoms. The summed E-state index contributed by atoms with van der Waals surface area (Å²) in [6, 6.07) is 1.56. The number of nitrogens with one attached hydrogen (secondary N) is 1. The number of aromatic nitrogens is 3. The van der Waals surface area contributed by atoms with Gasteiger partial charge in [-0.2, -0.15) is 5.10 Å². The molecule has 0 saturated carbocycles. The predicted molar refractivity (Wildman–Crippen MR) is 81.7 cm³/mol. The van der Waals surface area contributed by atoms with E-state index in [0.717, 1.165) is 0 Å². The lowest BCUT2D eigenvalue weighted by Gasteiger charge is -2.11. The van der Waals surface area contributed by atoms with Crippen molar-refractivity contribution in [2.45, 2.75) is 32.9 Å². The van der Waals surface area contributed by atoms with Gasteiger partial charge in [0.25, 0.3) is 5.91 Å². The van der Waals surface area contributed by atoms with E-state index in [1.54, 1.807) is 24.6 Å². The lowest BCUT2D eigenvalue weighted by Crippen LogP contribution is -2.24. The molecule has 0 aromatic carbocycles. The lowest BCUT2D eigenvalue weighted by molar-refractivity contribution is 0.0949. The van der Waals surface area contributed by atoms with Crippen molar-refractivity contribution in [2.24, 2.45) is 0 Å². The van der Waals surface area contributed by atoms with Crippen LogP contribution in [0.2, 0.25) is 0 Å². The summed E-state index contributed by atoms with van der Waals surface area (Å²) in [5, 5.41) is 10.8. The summed E-state index contributed by atoms with van der Waals surface area (Å²) in [4.78, 5) is 12.3. The molecule has 0 aliphatic carbocycles. The molecular formula is C14H18N4O4S. The molecule has 0 radical (unpaired) electrons. The fourth-order valence-corrected chi connectivity index (χ4v) is 4.44. The largest absolute Gasteiger partial charge is 0.361 e. The van der Waals surface area contributed by atoms with Crippen LogP contribution in [0.4, 0.5) is 0 Å². The van der Waals surface area contributed by atoms with E-state index in [1.807, 2.05) is 0 Å². The molecule has 0 unspecified atom stereocenters. The van der Waals surface area contributed by atoms with Crippen LogP contribution in [0.1, 0.15) is 40.0 Å². The minimum absolute atomic E-state index is 0.0782. The van der Waals surface area contributed by atoms with E-state index in [4.69, 9.17) is 4.52 Å². The van der Waals surface area contributed by atoms with Crippen LogP contribution in [0.15, 0.2) is 16.8 Å². The van der Waals surface area contributed by atoms with Crippen LogP contribution in [-0.2, 0) is 16.4 Å². The summed E-state index contributed by atoms with van der Waals surface area (Å²) in [5.41, 5.74) is 1.75. The Morgan fingerprint density at radius 2 is 2.26 bits per heavy atom. The fourth-order valence-electron chi connectivity index (χ4n) is 2.75. The Kier molecular flexibility index (Phi) is 3.97. The second kappa shape index (κ2) is 5.80. The van der Waals surface area contributed by atoms with Gasteiger partial charge in [0.1, 0.15) is 11.5 Å². The molecule has 1 amide bonds. The standard InChI is InChI=1S/C14H18N4O4S/c1-9-5-11(17-22-9)6-15-14(19)13-7-16-18(10(13)2)12-3-4-23(20,21)8-12/h5,7,12H,3-4,6,8H2,1-2H3,(H,15,19)/t12-/m1/s1. The van der Waals surface area contributed by atoms with Gasteiger partial charge in [-0.1, -0.05) is 5.16 Å². The zero-order valence-electron chi connectivity index (χ0n) is 12.9. The van der Waals surface area contributed by atoms with E-state index in [0.29, 0.717) is 29.1 Å². The average molecular weight is 338 g/mol. The summed E-state index contributed by atoms with van der Waals surface area (Å²) >= 11 is 0. The van der Waals surface area contributed by atoms with Crippen molar-refractivity contribution in [3.05, 3.63) is 35.0 Å². The Balaban J connectivity index is 1.70. The number of amides is 1. The third-order valence-electron chi connectivity index (χ3n) is 3.95. The lowest BCUT2D eigenvalue weighted by atomic mass is 10.2. The quantitative estimate of drug-likeness (QED) is 0.882. The van der Waals surface area contributed by atoms with Crippen molar-refractivity contribution in [2.75, 3.05) is 11.5 Å². The van der Waals surface area contributed by atoms with Gasteiger partial charge in [-0.15, -0.1) is 0 Å². The number of aryl methyl sites for hydroxylation is 1. The Morgan fingerprint density at radius 1 is 1.48 bits per heavy atom. The van der Waals surface area contributed by atoms with E-state index in [-0.39, 0.29) is 30.0 Å². The van der Waals surface area contributed by atoms with Gasteiger partial charge >= 0.3 is 0 Å². The Bertz CT molecular complexity index is 837. The van der Waals surface area contributed by atoms with Gasteiger partial charge in [0.15, 0.2) is 9.84 Å². The normalized spacial score (nSPS) is 19.8. The molecular weight excluding hydrogens is 320 g/mol. The average Bonchev–Trinajstić information content (AvgIpc) is 3.15. The molecule has 0 bridgehead atoms. The highest BCUT2D eigenvalue weighted by molar-refractivity contribution is 7.91. The zero-order valence-corrected chi connectivity index (χ0v) is 13.8. The minimum atomic E-state index is -3.00. The Labute approximate surface area is 133 Å². The van der Waals surface area contributed by atoms with Gasteiger partial charge in [-0.05, 0) is 20.3 Å². The van der Waals surface area contributed by atoms with Crippen molar-refractivity contribution >= 4 is 15.7 Å². The number of sulfone groups is 1. The van der Waals surface area contributed by atoms with Crippen molar-refractivity contribution < 1.29 is 17.7 Å². The number of hydrogen-bond acceptors (Lipinski definition) is 6. The first kappa shape index (κ1) is 15.7. The first-order chi connectivity index (χ1) is 10.9. The third-order valence-corrected chi connectivity index (χ3v) is 5.70. The topological polar surface area (TPSA) is 107 Å². The first-order valence-corrected chi connectivity index (χ1v) is 9.13. The van der Waals surface area contributed by atoms with Gasteiger partial charge in [0.2, 0.25) is 0 Å². The predicted octanol–water partition coefficient (Wildman–Crippen LogP) is 0.778. The molecule has 3 rings (SSSR count). The summed E-state index contributed by atoms with van der Waals surface area (Å²) in [5.74, 6) is 0.662. The second-order valence-corrected chi connectivity index (χ2v) is 7.99. The van der Waals surface area contributed by atoms with E-state index < -0.39 is 9.84 Å². The molecule has 0 spiro atoms. The number of hydrogen-bond donors (Lipinski definition) is 1. The maximum atomic E-state index is 12.3. The van der Waals surface area contributed by atoms with Gasteiger partial charge < -0.3 is 9.84 Å². The van der Waals surface area contributed by atoms with E-state index in [1.165, 1.54) is 6.20 Å². The van der Waals surface area contributed by atoms with Gasteiger partial charge in [0, 0.05) is 11.8 Å². The zero-order chi connectivity index (χ0) is 16.6. The molecule has 1 N–H and O–H groups in total. The van der Waals surface area contributed by atoms with E-state index in [2.05, 4.69) is 15.6 Å². The highest BCUT2D eigenvalue weighted by Gasteiger charge is 2.31.